The van der Waals surface area contributed by atoms with E-state index >= 15 is 0 Å². The van der Waals surface area contributed by atoms with Crippen molar-refractivity contribution in [1.82, 2.24) is 0 Å². The molecule has 3 atom stereocenters. The Labute approximate surface area is 197 Å². The Morgan fingerprint density at radius 1 is 1.03 bits per heavy atom. The topological polar surface area (TPSA) is 29.5 Å². The van der Waals surface area contributed by atoms with Crippen LogP contribution in [0.5, 0.6) is 0 Å². The molecule has 0 radical (unpaired) electrons. The van der Waals surface area contributed by atoms with Crippen LogP contribution in [0.25, 0.3) is 0 Å². The van der Waals surface area contributed by atoms with Crippen LogP contribution in [0.2, 0.25) is 18.1 Å². The molecule has 0 spiro atoms. The predicted molar refractivity (Wildman–Crippen MR) is 142 cm³/mol. The molecular weight excluding hydrogens is 396 g/mol. The first-order chi connectivity index (χ1) is 14.1. The van der Waals surface area contributed by atoms with Gasteiger partial charge in [0.05, 0.1) is 6.10 Å². The van der Waals surface area contributed by atoms with Crippen molar-refractivity contribution in [3.8, 4) is 0 Å². The van der Waals surface area contributed by atoms with Crippen molar-refractivity contribution in [3.05, 3.63) is 24.3 Å². The van der Waals surface area contributed by atoms with Gasteiger partial charge in [-0.3, -0.25) is 0 Å². The van der Waals surface area contributed by atoms with E-state index < -0.39 is 8.32 Å². The second-order valence-electron chi connectivity index (χ2n) is 12.3. The fraction of sp³-hybridized carbons (Fsp3) is 0.857. The van der Waals surface area contributed by atoms with E-state index in [-0.39, 0.29) is 16.6 Å². The standard InChI is InChI=1S/C28H56O2Si/c1-12-13-14-17-23(2)18-15-19-24(3)26(29)25(4)22-28(8,9)20-16-21-30-31(10,11)27(5,6)7/h12,17,24-26,29H,1,13-16,18-22H2,2-11H3. The Morgan fingerprint density at radius 2 is 1.65 bits per heavy atom. The summed E-state index contributed by atoms with van der Waals surface area (Å²) in [6.45, 7) is 27.6. The molecule has 0 aliphatic rings. The molecule has 184 valence electrons. The quantitative estimate of drug-likeness (QED) is 0.144. The van der Waals surface area contributed by atoms with E-state index in [4.69, 9.17) is 4.43 Å². The third-order valence-corrected chi connectivity index (χ3v) is 11.9. The second-order valence-corrected chi connectivity index (χ2v) is 17.1. The minimum absolute atomic E-state index is 0.215. The van der Waals surface area contributed by atoms with Gasteiger partial charge in [0.15, 0.2) is 8.32 Å². The molecule has 0 aromatic carbocycles. The van der Waals surface area contributed by atoms with Gasteiger partial charge < -0.3 is 9.53 Å². The molecule has 3 heteroatoms. The van der Waals surface area contributed by atoms with E-state index in [0.29, 0.717) is 11.8 Å². The van der Waals surface area contributed by atoms with Crippen LogP contribution in [0.1, 0.15) is 107 Å². The third-order valence-electron chi connectivity index (χ3n) is 7.40. The Kier molecular flexibility index (Phi) is 13.8. The molecule has 0 saturated heterocycles. The first-order valence-corrected chi connectivity index (χ1v) is 15.6. The number of rotatable bonds is 16. The summed E-state index contributed by atoms with van der Waals surface area (Å²) in [4.78, 5) is 0. The SMILES string of the molecule is C=CCCC=C(C)CCCC(C)C(O)C(C)CC(C)(C)CCCO[Si](C)(C)C(C)(C)C. The number of allylic oxidation sites excluding steroid dienone is 3. The van der Waals surface area contributed by atoms with Gasteiger partial charge in [-0.05, 0) is 93.7 Å². The van der Waals surface area contributed by atoms with Crippen molar-refractivity contribution in [3.63, 3.8) is 0 Å². The third kappa shape index (κ3) is 13.0. The van der Waals surface area contributed by atoms with E-state index in [1.807, 2.05) is 6.08 Å². The van der Waals surface area contributed by atoms with Crippen LogP contribution >= 0.6 is 0 Å². The lowest BCUT2D eigenvalue weighted by molar-refractivity contribution is 0.0376. The zero-order chi connectivity index (χ0) is 24.3. The molecule has 0 aromatic rings. The predicted octanol–water partition coefficient (Wildman–Crippen LogP) is 8.92. The molecule has 31 heavy (non-hydrogen) atoms. The molecule has 0 saturated carbocycles. The van der Waals surface area contributed by atoms with Gasteiger partial charge in [-0.15, -0.1) is 6.58 Å². The normalized spacial score (nSPS) is 16.8. The van der Waals surface area contributed by atoms with Crippen LogP contribution in [0.3, 0.4) is 0 Å². The molecule has 0 aliphatic carbocycles. The summed E-state index contributed by atoms with van der Waals surface area (Å²) < 4.78 is 6.35. The largest absolute Gasteiger partial charge is 0.417 e. The molecule has 2 nitrogen and oxygen atoms in total. The molecule has 3 unspecified atom stereocenters. The smallest absolute Gasteiger partial charge is 0.191 e. The van der Waals surface area contributed by atoms with Crippen molar-refractivity contribution in [2.24, 2.45) is 17.3 Å². The van der Waals surface area contributed by atoms with E-state index in [1.165, 1.54) is 5.57 Å². The lowest BCUT2D eigenvalue weighted by atomic mass is 9.76. The summed E-state index contributed by atoms with van der Waals surface area (Å²) in [6.07, 6.45) is 13.0. The molecule has 0 aliphatic heterocycles. The van der Waals surface area contributed by atoms with Crippen molar-refractivity contribution in [2.75, 3.05) is 6.61 Å². The highest BCUT2D eigenvalue weighted by Crippen LogP contribution is 2.38. The number of aliphatic hydroxyl groups excluding tert-OH is 1. The zero-order valence-corrected chi connectivity index (χ0v) is 23.8. The van der Waals surface area contributed by atoms with Gasteiger partial charge in [-0.1, -0.05) is 66.2 Å². The van der Waals surface area contributed by atoms with Gasteiger partial charge in [0.2, 0.25) is 0 Å². The van der Waals surface area contributed by atoms with Gasteiger partial charge >= 0.3 is 0 Å². The highest BCUT2D eigenvalue weighted by molar-refractivity contribution is 6.74. The number of hydrogen-bond acceptors (Lipinski definition) is 2. The summed E-state index contributed by atoms with van der Waals surface area (Å²) >= 11 is 0. The van der Waals surface area contributed by atoms with Crippen LogP contribution in [-0.4, -0.2) is 26.1 Å². The van der Waals surface area contributed by atoms with Crippen molar-refractivity contribution in [2.45, 2.75) is 131 Å². The van der Waals surface area contributed by atoms with Gasteiger partial charge in [0.25, 0.3) is 0 Å². The van der Waals surface area contributed by atoms with Gasteiger partial charge in [-0.25, -0.2) is 0 Å². The summed E-state index contributed by atoms with van der Waals surface area (Å²) in [5.74, 6) is 0.684. The minimum atomic E-state index is -1.65. The number of aliphatic hydroxyl groups is 1. The summed E-state index contributed by atoms with van der Waals surface area (Å²) in [5, 5.41) is 11.2. The lowest BCUT2D eigenvalue weighted by Gasteiger charge is -2.37. The Bertz CT molecular complexity index is 528. The van der Waals surface area contributed by atoms with E-state index in [0.717, 1.165) is 58.0 Å². The van der Waals surface area contributed by atoms with Crippen LogP contribution in [-0.2, 0) is 4.43 Å². The molecule has 0 bridgehead atoms. The second kappa shape index (κ2) is 14.0. The molecule has 0 fully saturated rings. The van der Waals surface area contributed by atoms with E-state index in [2.05, 4.69) is 81.1 Å². The van der Waals surface area contributed by atoms with Crippen LogP contribution < -0.4 is 0 Å². The van der Waals surface area contributed by atoms with Crippen molar-refractivity contribution >= 4 is 8.32 Å². The highest BCUT2D eigenvalue weighted by atomic mass is 28.4. The number of hydrogen-bond donors (Lipinski definition) is 1. The number of unbranched alkanes of at least 4 members (excludes halogenated alkanes) is 1. The fourth-order valence-electron chi connectivity index (χ4n) is 4.17. The monoisotopic (exact) mass is 452 g/mol. The minimum Gasteiger partial charge on any atom is -0.417 e. The average molecular weight is 453 g/mol. The molecule has 0 rings (SSSR count). The molecule has 0 heterocycles. The molecule has 0 aromatic heterocycles. The summed E-state index contributed by atoms with van der Waals surface area (Å²) in [7, 11) is -1.65. The van der Waals surface area contributed by atoms with Gasteiger partial charge in [-0.2, -0.15) is 0 Å². The Morgan fingerprint density at radius 3 is 2.19 bits per heavy atom. The Balaban J connectivity index is 4.35. The molecule has 0 amide bonds. The highest BCUT2D eigenvalue weighted by Gasteiger charge is 2.37. The first kappa shape index (κ1) is 30.6. The van der Waals surface area contributed by atoms with Gasteiger partial charge in [0, 0.05) is 6.61 Å². The van der Waals surface area contributed by atoms with E-state index in [9.17, 15) is 5.11 Å². The molecule has 1 N–H and O–H groups in total. The van der Waals surface area contributed by atoms with Crippen molar-refractivity contribution in [1.29, 1.82) is 0 Å². The lowest BCUT2D eigenvalue weighted by Crippen LogP contribution is -2.41. The summed E-state index contributed by atoms with van der Waals surface area (Å²) in [5.41, 5.74) is 1.71. The Hall–Kier alpha value is -0.383. The maximum Gasteiger partial charge on any atom is 0.191 e. The summed E-state index contributed by atoms with van der Waals surface area (Å²) in [6, 6.07) is 0. The maximum absolute atomic E-state index is 10.9. The van der Waals surface area contributed by atoms with E-state index in [1.54, 1.807) is 0 Å². The zero-order valence-electron chi connectivity index (χ0n) is 22.8. The van der Waals surface area contributed by atoms with Crippen LogP contribution in [0, 0.1) is 17.3 Å². The van der Waals surface area contributed by atoms with Crippen molar-refractivity contribution < 1.29 is 9.53 Å². The fourth-order valence-corrected chi connectivity index (χ4v) is 5.26. The van der Waals surface area contributed by atoms with Crippen LogP contribution in [0.15, 0.2) is 24.3 Å². The van der Waals surface area contributed by atoms with Crippen LogP contribution in [0.4, 0.5) is 0 Å². The first-order valence-electron chi connectivity index (χ1n) is 12.7. The molecular formula is C28H56O2Si. The maximum atomic E-state index is 10.9. The van der Waals surface area contributed by atoms with Gasteiger partial charge in [0.1, 0.15) is 0 Å². The average Bonchev–Trinajstić information content (AvgIpc) is 2.63.